The van der Waals surface area contributed by atoms with Gasteiger partial charge in [-0.25, -0.2) is 0 Å². The van der Waals surface area contributed by atoms with Crippen molar-refractivity contribution in [1.29, 1.82) is 0 Å². The Kier molecular flexibility index (Phi) is 3.72. The van der Waals surface area contributed by atoms with Crippen molar-refractivity contribution in [2.45, 2.75) is 19.5 Å². The van der Waals surface area contributed by atoms with E-state index in [4.69, 9.17) is 0 Å². The highest BCUT2D eigenvalue weighted by atomic mass is 16.4. The molecular weight excluding hydrogens is 318 g/mol. The van der Waals surface area contributed by atoms with Crippen molar-refractivity contribution in [3.8, 4) is 0 Å². The number of carboxylic acids is 1. The number of para-hydroxylation sites is 1. The molecule has 0 saturated heterocycles. The molecule has 3 aromatic rings. The molecule has 6 heteroatoms. The number of nitrogens with zero attached hydrogens (tertiary/aromatic N) is 3. The summed E-state index contributed by atoms with van der Waals surface area (Å²) in [5.41, 5.74) is 3.59. The Morgan fingerprint density at radius 3 is 2.64 bits per heavy atom. The highest BCUT2D eigenvalue weighted by Crippen LogP contribution is 2.31. The van der Waals surface area contributed by atoms with E-state index >= 15 is 0 Å². The van der Waals surface area contributed by atoms with Gasteiger partial charge in [0.15, 0.2) is 0 Å². The van der Waals surface area contributed by atoms with Gasteiger partial charge in [-0.05, 0) is 18.2 Å². The number of carbonyl (C=O) groups is 2. The number of benzene rings is 1. The van der Waals surface area contributed by atoms with Crippen molar-refractivity contribution in [2.24, 2.45) is 0 Å². The Hall–Kier alpha value is -3.15. The van der Waals surface area contributed by atoms with Crippen LogP contribution in [0.15, 0.2) is 48.8 Å². The molecule has 2 aromatic heterocycles. The third-order valence-corrected chi connectivity index (χ3v) is 4.67. The fourth-order valence-corrected chi connectivity index (χ4v) is 3.57. The minimum Gasteiger partial charge on any atom is -0.480 e. The average Bonchev–Trinajstić information content (AvgIpc) is 2.95. The van der Waals surface area contributed by atoms with Gasteiger partial charge < -0.3 is 14.6 Å². The van der Waals surface area contributed by atoms with E-state index in [1.807, 2.05) is 33.7 Å². The van der Waals surface area contributed by atoms with Gasteiger partial charge in [0.25, 0.3) is 5.91 Å². The van der Waals surface area contributed by atoms with Crippen LogP contribution in [-0.4, -0.2) is 38.0 Å². The van der Waals surface area contributed by atoms with E-state index in [2.05, 4.69) is 4.98 Å². The Morgan fingerprint density at radius 2 is 1.88 bits per heavy atom. The molecule has 0 spiro atoms. The van der Waals surface area contributed by atoms with Crippen LogP contribution >= 0.6 is 0 Å². The Bertz CT molecular complexity index is 963. The lowest BCUT2D eigenvalue weighted by molar-refractivity contribution is -0.137. The molecule has 126 valence electrons. The van der Waals surface area contributed by atoms with Crippen LogP contribution in [0.1, 0.15) is 21.6 Å². The molecule has 0 saturated carbocycles. The van der Waals surface area contributed by atoms with Crippen LogP contribution in [0.25, 0.3) is 10.9 Å². The third kappa shape index (κ3) is 2.65. The number of aliphatic carboxylic acids is 1. The molecule has 1 N–H and O–H groups in total. The smallest absolute Gasteiger partial charge is 0.323 e. The maximum Gasteiger partial charge on any atom is 0.323 e. The molecule has 1 aromatic carbocycles. The first-order valence-electron chi connectivity index (χ1n) is 8.15. The Labute approximate surface area is 144 Å². The zero-order valence-electron chi connectivity index (χ0n) is 13.6. The molecule has 1 aliphatic rings. The highest BCUT2D eigenvalue weighted by Gasteiger charge is 2.27. The summed E-state index contributed by atoms with van der Waals surface area (Å²) in [4.78, 5) is 29.8. The minimum atomic E-state index is -0.862. The fourth-order valence-electron chi connectivity index (χ4n) is 3.57. The topological polar surface area (TPSA) is 75.4 Å². The summed E-state index contributed by atoms with van der Waals surface area (Å²) in [7, 11) is 0. The SMILES string of the molecule is O=C(O)Cn1c2c(c3ccccc31)CN(C(=O)c1ccncc1)CC2. The summed E-state index contributed by atoms with van der Waals surface area (Å²) in [6.45, 7) is 1.00. The van der Waals surface area contributed by atoms with Crippen LogP contribution in [0.5, 0.6) is 0 Å². The van der Waals surface area contributed by atoms with E-state index < -0.39 is 5.97 Å². The number of carboxylic acid groups (broad SMARTS) is 1. The quantitative estimate of drug-likeness (QED) is 0.797. The third-order valence-electron chi connectivity index (χ3n) is 4.67. The predicted molar refractivity (Wildman–Crippen MR) is 92.3 cm³/mol. The number of aromatic nitrogens is 2. The minimum absolute atomic E-state index is 0.0249. The average molecular weight is 335 g/mol. The summed E-state index contributed by atoms with van der Waals surface area (Å²) < 4.78 is 1.86. The number of carbonyl (C=O) groups excluding carboxylic acids is 1. The van der Waals surface area contributed by atoms with Crippen molar-refractivity contribution < 1.29 is 14.7 Å². The summed E-state index contributed by atoms with van der Waals surface area (Å²) >= 11 is 0. The molecule has 0 atom stereocenters. The highest BCUT2D eigenvalue weighted by molar-refractivity contribution is 5.95. The van der Waals surface area contributed by atoms with Crippen LogP contribution in [0.4, 0.5) is 0 Å². The first kappa shape index (κ1) is 15.4. The Morgan fingerprint density at radius 1 is 1.12 bits per heavy atom. The van der Waals surface area contributed by atoms with Gasteiger partial charge in [-0.2, -0.15) is 0 Å². The second kappa shape index (κ2) is 6.05. The van der Waals surface area contributed by atoms with Gasteiger partial charge in [-0.15, -0.1) is 0 Å². The molecule has 3 heterocycles. The van der Waals surface area contributed by atoms with Gasteiger partial charge in [0.2, 0.25) is 0 Å². The molecular formula is C19H17N3O3. The lowest BCUT2D eigenvalue weighted by Crippen LogP contribution is -2.36. The zero-order valence-corrected chi connectivity index (χ0v) is 13.6. The molecule has 1 aliphatic heterocycles. The second-order valence-corrected chi connectivity index (χ2v) is 6.13. The Balaban J connectivity index is 1.74. The van der Waals surface area contributed by atoms with Crippen molar-refractivity contribution in [2.75, 3.05) is 6.54 Å². The summed E-state index contributed by atoms with van der Waals surface area (Å²) in [6.07, 6.45) is 3.87. The van der Waals surface area contributed by atoms with Crippen molar-refractivity contribution in [1.82, 2.24) is 14.5 Å². The van der Waals surface area contributed by atoms with Crippen LogP contribution in [-0.2, 0) is 24.3 Å². The molecule has 0 radical (unpaired) electrons. The van der Waals surface area contributed by atoms with Gasteiger partial charge in [0, 0.05) is 59.6 Å². The van der Waals surface area contributed by atoms with E-state index in [-0.39, 0.29) is 12.5 Å². The van der Waals surface area contributed by atoms with Gasteiger partial charge >= 0.3 is 5.97 Å². The van der Waals surface area contributed by atoms with Crippen LogP contribution < -0.4 is 0 Å². The van der Waals surface area contributed by atoms with Crippen molar-refractivity contribution >= 4 is 22.8 Å². The fraction of sp³-hybridized carbons (Fsp3) is 0.211. The van der Waals surface area contributed by atoms with Crippen molar-refractivity contribution in [3.63, 3.8) is 0 Å². The maximum absolute atomic E-state index is 12.7. The first-order valence-corrected chi connectivity index (χ1v) is 8.15. The second-order valence-electron chi connectivity index (χ2n) is 6.13. The van der Waals surface area contributed by atoms with E-state index in [1.165, 1.54) is 0 Å². The summed E-state index contributed by atoms with van der Waals surface area (Å²) in [5.74, 6) is -0.887. The van der Waals surface area contributed by atoms with Gasteiger partial charge in [-0.1, -0.05) is 18.2 Å². The molecule has 0 bridgehead atoms. The molecule has 25 heavy (non-hydrogen) atoms. The standard InChI is InChI=1S/C19H17N3O3/c23-18(24)12-22-16-4-2-1-3-14(16)15-11-21(10-7-17(15)22)19(25)13-5-8-20-9-6-13/h1-6,8-9H,7,10-12H2,(H,23,24). The monoisotopic (exact) mass is 335 g/mol. The first-order chi connectivity index (χ1) is 12.1. The molecule has 4 rings (SSSR count). The summed E-state index contributed by atoms with van der Waals surface area (Å²) in [5, 5.41) is 10.3. The number of fused-ring (bicyclic) bond motifs is 3. The number of amides is 1. The maximum atomic E-state index is 12.7. The lowest BCUT2D eigenvalue weighted by Gasteiger charge is -2.28. The van der Waals surface area contributed by atoms with E-state index in [1.54, 1.807) is 24.5 Å². The summed E-state index contributed by atoms with van der Waals surface area (Å²) in [6, 6.07) is 11.2. The number of pyridine rings is 1. The van der Waals surface area contributed by atoms with E-state index in [0.717, 1.165) is 22.2 Å². The normalized spacial score (nSPS) is 13.7. The van der Waals surface area contributed by atoms with Crippen LogP contribution in [0, 0.1) is 0 Å². The number of hydrogen-bond donors (Lipinski definition) is 1. The van der Waals surface area contributed by atoms with Gasteiger partial charge in [-0.3, -0.25) is 14.6 Å². The van der Waals surface area contributed by atoms with Crippen LogP contribution in [0.3, 0.4) is 0 Å². The molecule has 0 aliphatic carbocycles. The van der Waals surface area contributed by atoms with E-state index in [0.29, 0.717) is 25.1 Å². The van der Waals surface area contributed by atoms with E-state index in [9.17, 15) is 14.7 Å². The molecule has 0 fully saturated rings. The van der Waals surface area contributed by atoms with Crippen molar-refractivity contribution in [3.05, 3.63) is 65.6 Å². The lowest BCUT2D eigenvalue weighted by atomic mass is 10.0. The zero-order chi connectivity index (χ0) is 17.4. The van der Waals surface area contributed by atoms with Gasteiger partial charge in [0.1, 0.15) is 6.54 Å². The molecule has 6 nitrogen and oxygen atoms in total. The molecule has 0 unspecified atom stereocenters. The van der Waals surface area contributed by atoms with Crippen LogP contribution in [0.2, 0.25) is 0 Å². The number of rotatable bonds is 3. The van der Waals surface area contributed by atoms with Gasteiger partial charge in [0.05, 0.1) is 0 Å². The molecule has 1 amide bonds. The largest absolute Gasteiger partial charge is 0.480 e. The predicted octanol–water partition coefficient (Wildman–Crippen LogP) is 2.32. The number of hydrogen-bond acceptors (Lipinski definition) is 3.